The van der Waals surface area contributed by atoms with Crippen molar-refractivity contribution in [1.29, 1.82) is 0 Å². The van der Waals surface area contributed by atoms with Crippen molar-refractivity contribution in [3.8, 4) is 0 Å². The Morgan fingerprint density at radius 1 is 1.50 bits per heavy atom. The summed E-state index contributed by atoms with van der Waals surface area (Å²) in [6.45, 7) is 2.17. The molecule has 0 rings (SSSR count). The van der Waals surface area contributed by atoms with Crippen LogP contribution in [0.2, 0.25) is 0 Å². The number of carboxylic acids is 1. The Labute approximate surface area is 96.1 Å². The van der Waals surface area contributed by atoms with Crippen molar-refractivity contribution in [2.24, 2.45) is 0 Å². The van der Waals surface area contributed by atoms with E-state index in [0.29, 0.717) is 6.42 Å². The highest BCUT2D eigenvalue weighted by molar-refractivity contribution is 8.00. The number of alkyl halides is 3. The van der Waals surface area contributed by atoms with Gasteiger partial charge in [-0.3, -0.25) is 0 Å². The van der Waals surface area contributed by atoms with Crippen molar-refractivity contribution in [3.63, 3.8) is 0 Å². The van der Waals surface area contributed by atoms with Crippen molar-refractivity contribution in [1.82, 2.24) is 5.32 Å². The molecule has 0 aromatic heterocycles. The lowest BCUT2D eigenvalue weighted by atomic mass is 10.2. The van der Waals surface area contributed by atoms with Gasteiger partial charge in [-0.1, -0.05) is 13.0 Å². The molecule has 0 saturated heterocycles. The molecule has 2 N–H and O–H groups in total. The smallest absolute Gasteiger partial charge is 0.441 e. The van der Waals surface area contributed by atoms with Gasteiger partial charge in [-0.05, 0) is 18.2 Å². The fraction of sp³-hybridized carbons (Fsp3) is 0.667. The van der Waals surface area contributed by atoms with Gasteiger partial charge in [-0.25, -0.2) is 4.79 Å². The first-order valence-corrected chi connectivity index (χ1v) is 5.69. The molecule has 0 amide bonds. The number of nitrogens with one attached hydrogen (secondary N) is 1. The van der Waals surface area contributed by atoms with Crippen LogP contribution in [0.4, 0.5) is 13.2 Å². The fourth-order valence-corrected chi connectivity index (χ4v) is 1.40. The largest absolute Gasteiger partial charge is 0.478 e. The molecule has 0 aliphatic rings. The van der Waals surface area contributed by atoms with Crippen molar-refractivity contribution >= 4 is 17.7 Å². The van der Waals surface area contributed by atoms with E-state index in [-0.39, 0.29) is 36.2 Å². The second kappa shape index (κ2) is 7.56. The Hall–Kier alpha value is -0.690. The molecule has 7 heteroatoms. The molecular formula is C9H14F3NO2S. The summed E-state index contributed by atoms with van der Waals surface area (Å²) in [7, 11) is 0. The van der Waals surface area contributed by atoms with Crippen LogP contribution in [-0.4, -0.2) is 35.4 Å². The van der Waals surface area contributed by atoms with Crippen molar-refractivity contribution in [2.75, 3.05) is 18.8 Å². The highest BCUT2D eigenvalue weighted by atomic mass is 32.2. The number of aliphatic carboxylic acids is 1. The summed E-state index contributed by atoms with van der Waals surface area (Å²) in [4.78, 5) is 10.5. The quantitative estimate of drug-likeness (QED) is 0.542. The molecule has 0 aromatic rings. The Morgan fingerprint density at radius 3 is 2.56 bits per heavy atom. The highest BCUT2D eigenvalue weighted by Crippen LogP contribution is 2.29. The summed E-state index contributed by atoms with van der Waals surface area (Å²) in [5.41, 5.74) is -3.94. The molecule has 0 bridgehead atoms. The third kappa shape index (κ3) is 8.60. The van der Waals surface area contributed by atoms with Gasteiger partial charge in [-0.2, -0.15) is 13.2 Å². The average Bonchev–Trinajstić information content (AvgIpc) is 2.14. The number of hydrogen-bond donors (Lipinski definition) is 2. The van der Waals surface area contributed by atoms with Gasteiger partial charge in [0.1, 0.15) is 0 Å². The summed E-state index contributed by atoms with van der Waals surface area (Å²) in [6, 6.07) is 0. The maximum Gasteiger partial charge on any atom is 0.441 e. The third-order valence-electron chi connectivity index (χ3n) is 1.69. The molecule has 0 aliphatic heterocycles. The number of carboxylic acid groups (broad SMARTS) is 1. The molecule has 0 atom stereocenters. The standard InChI is InChI=1S/C9H14F3NO2S/c1-2-7(8(14)15)3-4-13-5-6-16-9(10,11)12/h3,13H,2,4-6H2,1H3,(H,14,15). The van der Waals surface area contributed by atoms with Crippen LogP contribution in [0.25, 0.3) is 0 Å². The SMILES string of the molecule is CCC(=CCNCCSC(F)(F)F)C(=O)O. The molecule has 0 saturated carbocycles. The first-order chi connectivity index (χ1) is 7.37. The van der Waals surface area contributed by atoms with E-state index in [4.69, 9.17) is 5.11 Å². The van der Waals surface area contributed by atoms with Crippen LogP contribution in [0.1, 0.15) is 13.3 Å². The summed E-state index contributed by atoms with van der Waals surface area (Å²) in [6.07, 6.45) is 1.87. The van der Waals surface area contributed by atoms with Gasteiger partial charge < -0.3 is 10.4 Å². The first-order valence-electron chi connectivity index (χ1n) is 4.70. The predicted octanol–water partition coefficient (Wildman–Crippen LogP) is 2.25. The second-order valence-corrected chi connectivity index (χ2v) is 4.05. The van der Waals surface area contributed by atoms with E-state index in [1.165, 1.54) is 6.08 Å². The normalized spacial score (nSPS) is 12.9. The van der Waals surface area contributed by atoms with Gasteiger partial charge in [0.05, 0.1) is 0 Å². The van der Waals surface area contributed by atoms with Crippen molar-refractivity contribution < 1.29 is 23.1 Å². The van der Waals surface area contributed by atoms with E-state index >= 15 is 0 Å². The topological polar surface area (TPSA) is 49.3 Å². The molecule has 0 radical (unpaired) electrons. The van der Waals surface area contributed by atoms with E-state index in [2.05, 4.69) is 5.32 Å². The predicted molar refractivity (Wildman–Crippen MR) is 57.4 cm³/mol. The zero-order valence-electron chi connectivity index (χ0n) is 8.80. The monoisotopic (exact) mass is 257 g/mol. The zero-order valence-corrected chi connectivity index (χ0v) is 9.62. The highest BCUT2D eigenvalue weighted by Gasteiger charge is 2.27. The van der Waals surface area contributed by atoms with Gasteiger partial charge >= 0.3 is 11.5 Å². The number of thioether (sulfide) groups is 1. The molecule has 0 aromatic carbocycles. The van der Waals surface area contributed by atoms with E-state index in [1.54, 1.807) is 6.92 Å². The zero-order chi connectivity index (χ0) is 12.6. The van der Waals surface area contributed by atoms with Gasteiger partial charge in [0.25, 0.3) is 0 Å². The third-order valence-corrected chi connectivity index (χ3v) is 2.43. The summed E-state index contributed by atoms with van der Waals surface area (Å²) in [5, 5.41) is 11.4. The lowest BCUT2D eigenvalue weighted by Gasteiger charge is -2.05. The van der Waals surface area contributed by atoms with Crippen LogP contribution < -0.4 is 5.32 Å². The van der Waals surface area contributed by atoms with Crippen LogP contribution in [0, 0.1) is 0 Å². The summed E-state index contributed by atoms with van der Waals surface area (Å²) in [5.74, 6) is -1.07. The van der Waals surface area contributed by atoms with Crippen LogP contribution in [0.5, 0.6) is 0 Å². The number of rotatable bonds is 7. The molecule has 0 unspecified atom stereocenters. The van der Waals surface area contributed by atoms with Gasteiger partial charge in [-0.15, -0.1) is 0 Å². The number of hydrogen-bond acceptors (Lipinski definition) is 3. The second-order valence-electron chi connectivity index (χ2n) is 2.89. The molecule has 0 fully saturated rings. The molecule has 94 valence electrons. The molecule has 0 aliphatic carbocycles. The number of halogens is 3. The Kier molecular flexibility index (Phi) is 7.24. The van der Waals surface area contributed by atoms with Crippen molar-refractivity contribution in [3.05, 3.63) is 11.6 Å². The Bertz CT molecular complexity index is 254. The van der Waals surface area contributed by atoms with Crippen LogP contribution >= 0.6 is 11.8 Å². The minimum absolute atomic E-state index is 0.0775. The molecule has 0 heterocycles. The maximum atomic E-state index is 11.7. The Balaban J connectivity index is 3.64. The minimum Gasteiger partial charge on any atom is -0.478 e. The van der Waals surface area contributed by atoms with E-state index in [9.17, 15) is 18.0 Å². The van der Waals surface area contributed by atoms with E-state index in [0.717, 1.165) is 0 Å². The van der Waals surface area contributed by atoms with Gasteiger partial charge in [0.2, 0.25) is 0 Å². The fourth-order valence-electron chi connectivity index (χ4n) is 0.919. The first kappa shape index (κ1) is 15.3. The molecular weight excluding hydrogens is 243 g/mol. The van der Waals surface area contributed by atoms with Crippen LogP contribution in [0.3, 0.4) is 0 Å². The molecule has 3 nitrogen and oxygen atoms in total. The Morgan fingerprint density at radius 2 is 2.12 bits per heavy atom. The van der Waals surface area contributed by atoms with Crippen LogP contribution in [-0.2, 0) is 4.79 Å². The molecule has 16 heavy (non-hydrogen) atoms. The average molecular weight is 257 g/mol. The van der Waals surface area contributed by atoms with Gasteiger partial charge in [0, 0.05) is 24.4 Å². The van der Waals surface area contributed by atoms with E-state index in [1.807, 2.05) is 0 Å². The van der Waals surface area contributed by atoms with Crippen LogP contribution in [0.15, 0.2) is 11.6 Å². The lowest BCUT2D eigenvalue weighted by Crippen LogP contribution is -2.19. The minimum atomic E-state index is -4.20. The maximum absolute atomic E-state index is 11.7. The summed E-state index contributed by atoms with van der Waals surface area (Å²) >= 11 is -0.0951. The molecule has 0 spiro atoms. The summed E-state index contributed by atoms with van der Waals surface area (Å²) < 4.78 is 35.1. The van der Waals surface area contributed by atoms with Gasteiger partial charge in [0.15, 0.2) is 0 Å². The number of carbonyl (C=O) groups is 1. The lowest BCUT2D eigenvalue weighted by molar-refractivity contribution is -0.132. The van der Waals surface area contributed by atoms with Crippen molar-refractivity contribution in [2.45, 2.75) is 18.9 Å². The van der Waals surface area contributed by atoms with E-state index < -0.39 is 11.5 Å².